The number of pyridine rings is 1. The number of anilines is 1. The van der Waals surface area contributed by atoms with Gasteiger partial charge in [0.2, 0.25) is 5.95 Å². The first kappa shape index (κ1) is 44.0. The Morgan fingerprint density at radius 1 is 0.891 bits per heavy atom. The third-order valence-corrected chi connectivity index (χ3v) is 19.2. The molecule has 2 N–H and O–H groups in total. The average molecular weight is 1030 g/mol. The minimum atomic E-state index is -4.13. The number of amides is 1. The minimum Gasteiger partial charge on any atom is -0.494 e. The Labute approximate surface area is 387 Å². The maximum atomic E-state index is 15.2. The fourth-order valence-electron chi connectivity index (χ4n) is 9.55. The monoisotopic (exact) mass is 1030 g/mol. The Morgan fingerprint density at radius 3 is 2.16 bits per heavy atom. The van der Waals surface area contributed by atoms with E-state index in [9.17, 15) is 13.2 Å². The molecule has 2 aliphatic rings. The summed E-state index contributed by atoms with van der Waals surface area (Å²) in [6, 6.07) is 22.8. The second-order valence-electron chi connectivity index (χ2n) is 16.5. The standard InChI is InChI=1S/C45H45Br2N9O6S2/c1-5-31-25-55(28(2)45(31,48)64(60,61)35-15-11-33(47)12-16-35)42(57)30-22-36-39(38(24-30)62-4)56(41(52-36)37-23-29-8-6-18-49-40(29)53(37)3)27-44(63(58,59)34-13-9-32(46)10-14-34)17-21-54(26-44)43-50-19-7-20-51-43/h6-16,18-20,22-24,28,31H,5,17,21,25-27,48H2,1-4H3/t28?,31?,44-,45+/m1/s1. The summed E-state index contributed by atoms with van der Waals surface area (Å²) in [7, 11) is -4.87. The molecule has 4 aromatic heterocycles. The van der Waals surface area contributed by atoms with Crippen molar-refractivity contribution in [2.45, 2.75) is 58.7 Å². The van der Waals surface area contributed by atoms with Crippen LogP contribution in [-0.2, 0) is 33.3 Å². The molecule has 4 atom stereocenters. The SMILES string of the molecule is CCC1CN(C(=O)c2cc(OC)c3c(c2)nc(-c2cc4cccnc4n2C)n3C[C@@]2(S(=O)(=O)c3ccc(Br)cc3)CCN(c3ncccn3)C2)C(C)[C@]1(N)S(=O)(=O)c1ccc(Br)cc1. The second kappa shape index (κ2) is 16.3. The molecule has 1 amide bonds. The van der Waals surface area contributed by atoms with Crippen LogP contribution in [0.15, 0.2) is 122 Å². The molecular weight excluding hydrogens is 986 g/mol. The molecule has 3 aromatic carbocycles. The van der Waals surface area contributed by atoms with Gasteiger partial charge in [-0.15, -0.1) is 0 Å². The molecule has 0 aliphatic carbocycles. The van der Waals surface area contributed by atoms with E-state index in [4.69, 9.17) is 15.5 Å². The summed E-state index contributed by atoms with van der Waals surface area (Å²) in [6.45, 7) is 4.02. The van der Waals surface area contributed by atoms with Crippen LogP contribution in [0.1, 0.15) is 37.0 Å². The van der Waals surface area contributed by atoms with Crippen molar-refractivity contribution in [3.63, 3.8) is 0 Å². The number of fused-ring (bicyclic) bond motifs is 2. The number of benzene rings is 3. The van der Waals surface area contributed by atoms with Gasteiger partial charge in [0.15, 0.2) is 25.5 Å². The van der Waals surface area contributed by atoms with Gasteiger partial charge in [-0.2, -0.15) is 0 Å². The molecule has 0 spiro atoms. The summed E-state index contributed by atoms with van der Waals surface area (Å²) < 4.78 is 69.2. The number of halogens is 2. The number of rotatable bonds is 11. The molecule has 2 saturated heterocycles. The number of sulfone groups is 2. The highest BCUT2D eigenvalue weighted by Gasteiger charge is 2.59. The Bertz CT molecular complexity index is 3170. The molecule has 15 nitrogen and oxygen atoms in total. The predicted octanol–water partition coefficient (Wildman–Crippen LogP) is 7.04. The van der Waals surface area contributed by atoms with Crippen molar-refractivity contribution in [3.05, 3.63) is 118 Å². The number of ether oxygens (including phenoxy) is 1. The van der Waals surface area contributed by atoms with E-state index in [0.29, 0.717) is 47.1 Å². The van der Waals surface area contributed by atoms with E-state index in [1.54, 1.807) is 80.1 Å². The molecule has 64 heavy (non-hydrogen) atoms. The largest absolute Gasteiger partial charge is 0.494 e. The van der Waals surface area contributed by atoms with Crippen LogP contribution in [0.25, 0.3) is 33.6 Å². The van der Waals surface area contributed by atoms with Crippen molar-refractivity contribution in [2.75, 3.05) is 31.6 Å². The normalized spacial score (nSPS) is 21.6. The number of aromatic nitrogens is 6. The van der Waals surface area contributed by atoms with Crippen LogP contribution in [0.4, 0.5) is 5.95 Å². The van der Waals surface area contributed by atoms with E-state index in [2.05, 4.69) is 46.8 Å². The first-order chi connectivity index (χ1) is 30.5. The molecular formula is C45H45Br2N9O6S2. The quantitative estimate of drug-likeness (QED) is 0.140. The van der Waals surface area contributed by atoms with Gasteiger partial charge in [0.05, 0.1) is 34.2 Å². The van der Waals surface area contributed by atoms with Crippen molar-refractivity contribution >= 4 is 85.5 Å². The molecule has 332 valence electrons. The first-order valence-corrected chi connectivity index (χ1v) is 25.2. The lowest BCUT2D eigenvalue weighted by molar-refractivity contribution is 0.0735. The number of hydrogen-bond donors (Lipinski definition) is 1. The van der Waals surface area contributed by atoms with Crippen molar-refractivity contribution in [3.8, 4) is 17.3 Å². The number of nitrogens with two attached hydrogens (primary N) is 1. The van der Waals surface area contributed by atoms with Gasteiger partial charge in [-0.1, -0.05) is 38.8 Å². The van der Waals surface area contributed by atoms with Gasteiger partial charge in [-0.25, -0.2) is 36.8 Å². The third-order valence-electron chi connectivity index (χ3n) is 13.1. The van der Waals surface area contributed by atoms with Crippen LogP contribution in [0.2, 0.25) is 0 Å². The van der Waals surface area contributed by atoms with Gasteiger partial charge < -0.3 is 29.4 Å². The van der Waals surface area contributed by atoms with E-state index in [0.717, 1.165) is 14.3 Å². The second-order valence-corrected chi connectivity index (χ2v) is 22.8. The summed E-state index contributed by atoms with van der Waals surface area (Å²) in [4.78, 5) is 35.5. The van der Waals surface area contributed by atoms with Crippen molar-refractivity contribution < 1.29 is 26.4 Å². The molecule has 19 heteroatoms. The smallest absolute Gasteiger partial charge is 0.254 e. The number of carbonyl (C=O) groups is 1. The van der Waals surface area contributed by atoms with Crippen molar-refractivity contribution in [1.29, 1.82) is 0 Å². The van der Waals surface area contributed by atoms with Crippen molar-refractivity contribution in [2.24, 2.45) is 18.7 Å². The Hall–Kier alpha value is -5.21. The fraction of sp³-hybridized carbons (Fsp3) is 0.311. The van der Waals surface area contributed by atoms with Gasteiger partial charge in [0.1, 0.15) is 26.5 Å². The lowest BCUT2D eigenvalue weighted by Crippen LogP contribution is -2.59. The van der Waals surface area contributed by atoms with Crippen LogP contribution in [0.5, 0.6) is 5.75 Å². The Kier molecular flexibility index (Phi) is 11.2. The topological polar surface area (TPSA) is 188 Å². The molecule has 0 radical (unpaired) electrons. The highest BCUT2D eigenvalue weighted by atomic mass is 79.9. The summed E-state index contributed by atoms with van der Waals surface area (Å²) in [5.74, 6) is 0.0968. The number of aryl methyl sites for hydroxylation is 1. The molecule has 7 aromatic rings. The number of methoxy groups -OCH3 is 1. The van der Waals surface area contributed by atoms with Gasteiger partial charge >= 0.3 is 0 Å². The molecule has 6 heterocycles. The van der Waals surface area contributed by atoms with Gasteiger partial charge in [-0.05, 0) is 105 Å². The van der Waals surface area contributed by atoms with Crippen molar-refractivity contribution in [1.82, 2.24) is 34.0 Å². The Balaban J connectivity index is 1.20. The van der Waals surface area contributed by atoms with Crippen LogP contribution in [0, 0.1) is 5.92 Å². The maximum absolute atomic E-state index is 15.2. The summed E-state index contributed by atoms with van der Waals surface area (Å²) in [5, 5.41) is 0.851. The molecule has 2 fully saturated rings. The first-order valence-electron chi connectivity index (χ1n) is 20.7. The number of hydrogen-bond acceptors (Lipinski definition) is 12. The fourth-order valence-corrected chi connectivity index (χ4v) is 14.2. The van der Waals surface area contributed by atoms with E-state index in [1.165, 1.54) is 24.1 Å². The molecule has 2 unspecified atom stereocenters. The summed E-state index contributed by atoms with van der Waals surface area (Å²) in [6.07, 6.45) is 5.61. The minimum absolute atomic E-state index is 0.0654. The molecule has 9 rings (SSSR count). The van der Waals surface area contributed by atoms with Gasteiger partial charge in [0, 0.05) is 77.6 Å². The average Bonchev–Trinajstić information content (AvgIpc) is 4.06. The van der Waals surface area contributed by atoms with Crippen LogP contribution >= 0.6 is 31.9 Å². The van der Waals surface area contributed by atoms with Crippen LogP contribution in [0.3, 0.4) is 0 Å². The van der Waals surface area contributed by atoms with E-state index in [-0.39, 0.29) is 47.2 Å². The lowest BCUT2D eigenvalue weighted by Gasteiger charge is -2.34. The zero-order chi connectivity index (χ0) is 45.3. The molecule has 2 aliphatic heterocycles. The van der Waals surface area contributed by atoms with Gasteiger partial charge in [-0.3, -0.25) is 4.79 Å². The Morgan fingerprint density at radius 2 is 1.53 bits per heavy atom. The van der Waals surface area contributed by atoms with E-state index >= 15 is 8.42 Å². The summed E-state index contributed by atoms with van der Waals surface area (Å²) >= 11 is 6.84. The zero-order valence-corrected chi connectivity index (χ0v) is 40.2. The highest BCUT2D eigenvalue weighted by Crippen LogP contribution is 2.45. The van der Waals surface area contributed by atoms with Crippen LogP contribution < -0.4 is 15.4 Å². The van der Waals surface area contributed by atoms with Gasteiger partial charge in [0.25, 0.3) is 5.91 Å². The molecule has 0 bridgehead atoms. The lowest BCUT2D eigenvalue weighted by atomic mass is 9.97. The third kappa shape index (κ3) is 6.92. The maximum Gasteiger partial charge on any atom is 0.254 e. The number of carbonyl (C=O) groups excluding carboxylic acids is 1. The molecule has 0 saturated carbocycles. The highest BCUT2D eigenvalue weighted by molar-refractivity contribution is 9.10. The van der Waals surface area contributed by atoms with E-state index < -0.39 is 47.2 Å². The zero-order valence-electron chi connectivity index (χ0n) is 35.4. The number of imidazole rings is 1. The van der Waals surface area contributed by atoms with E-state index in [1.807, 2.05) is 46.2 Å². The number of nitrogens with zero attached hydrogens (tertiary/aromatic N) is 8. The number of likely N-dealkylation sites (tertiary alicyclic amines) is 1. The summed E-state index contributed by atoms with van der Waals surface area (Å²) in [5.41, 5.74) is 9.41. The predicted molar refractivity (Wildman–Crippen MR) is 251 cm³/mol. The van der Waals surface area contributed by atoms with Crippen LogP contribution in [-0.4, -0.2) is 99.1 Å².